The van der Waals surface area contributed by atoms with Gasteiger partial charge in [0.1, 0.15) is 29.2 Å². The highest BCUT2D eigenvalue weighted by molar-refractivity contribution is 6.32. The number of carbonyl (C=O) groups excluding carboxylic acids is 2. The van der Waals surface area contributed by atoms with Crippen LogP contribution < -0.4 is 20.1 Å². The first-order valence-corrected chi connectivity index (χ1v) is 10.0. The fraction of sp³-hybridized carbons (Fsp3) is 0.238. The Morgan fingerprint density at radius 2 is 1.81 bits per heavy atom. The Bertz CT molecular complexity index is 1120. The number of amides is 2. The minimum atomic E-state index is -0.929. The summed E-state index contributed by atoms with van der Waals surface area (Å²) >= 11 is 6.17. The zero-order valence-corrected chi connectivity index (χ0v) is 17.8. The van der Waals surface area contributed by atoms with Gasteiger partial charge in [0, 0.05) is 18.5 Å². The Kier molecular flexibility index (Phi) is 6.13. The van der Waals surface area contributed by atoms with Crippen LogP contribution in [0, 0.1) is 0 Å². The molecule has 1 aromatic carbocycles. The summed E-state index contributed by atoms with van der Waals surface area (Å²) in [6, 6.07) is 5.04. The minimum Gasteiger partial charge on any atom is -0.497 e. The van der Waals surface area contributed by atoms with Gasteiger partial charge >= 0.3 is 0 Å². The highest BCUT2D eigenvalue weighted by Crippen LogP contribution is 2.36. The molecule has 0 atom stereocenters. The van der Waals surface area contributed by atoms with Crippen molar-refractivity contribution in [3.8, 4) is 17.2 Å². The molecule has 0 bridgehead atoms. The standard InChI is InChI=1S/C21H19ClN6O4/c1-31-14-2-3-17(16(22)6-14)32-15-9-25-18(26-10-15)11-27-20(30)21(4-5-21)28-19(29)13-7-23-12-24-8-13/h2-3,6-10,12H,4-5,11H2,1H3,(H,27,30)(H,28,29). The van der Waals surface area contributed by atoms with Crippen molar-refractivity contribution < 1.29 is 19.1 Å². The number of nitrogens with one attached hydrogen (secondary N) is 2. The maximum Gasteiger partial charge on any atom is 0.255 e. The average molecular weight is 455 g/mol. The monoisotopic (exact) mass is 454 g/mol. The van der Waals surface area contributed by atoms with Crippen molar-refractivity contribution in [1.29, 1.82) is 0 Å². The summed E-state index contributed by atoms with van der Waals surface area (Å²) in [5.74, 6) is 1.15. The predicted octanol–water partition coefficient (Wildman–Crippen LogP) is 2.30. The van der Waals surface area contributed by atoms with Crippen molar-refractivity contribution in [1.82, 2.24) is 30.6 Å². The van der Waals surface area contributed by atoms with Gasteiger partial charge in [-0.05, 0) is 25.0 Å². The third-order valence-electron chi connectivity index (χ3n) is 4.82. The van der Waals surface area contributed by atoms with Gasteiger partial charge in [-0.1, -0.05) is 11.6 Å². The zero-order chi connectivity index (χ0) is 22.6. The molecular weight excluding hydrogens is 436 g/mol. The van der Waals surface area contributed by atoms with E-state index in [1.807, 2.05) is 0 Å². The Labute approximate surface area is 188 Å². The molecule has 11 heteroatoms. The molecule has 2 heterocycles. The van der Waals surface area contributed by atoms with Crippen molar-refractivity contribution in [2.24, 2.45) is 0 Å². The average Bonchev–Trinajstić information content (AvgIpc) is 3.61. The Morgan fingerprint density at radius 3 is 2.44 bits per heavy atom. The van der Waals surface area contributed by atoms with E-state index < -0.39 is 11.4 Å². The van der Waals surface area contributed by atoms with E-state index in [2.05, 4.69) is 30.6 Å². The Morgan fingerprint density at radius 1 is 1.09 bits per heavy atom. The molecule has 0 radical (unpaired) electrons. The molecule has 10 nitrogen and oxygen atoms in total. The second-order valence-corrected chi connectivity index (χ2v) is 7.49. The van der Waals surface area contributed by atoms with Crippen LogP contribution in [0.4, 0.5) is 0 Å². The van der Waals surface area contributed by atoms with Crippen LogP contribution in [0.3, 0.4) is 0 Å². The van der Waals surface area contributed by atoms with Gasteiger partial charge in [-0.3, -0.25) is 9.59 Å². The molecule has 2 aromatic heterocycles. The smallest absolute Gasteiger partial charge is 0.255 e. The number of hydrogen-bond donors (Lipinski definition) is 2. The molecule has 32 heavy (non-hydrogen) atoms. The van der Waals surface area contributed by atoms with Crippen LogP contribution in [0.1, 0.15) is 29.0 Å². The zero-order valence-electron chi connectivity index (χ0n) is 17.0. The summed E-state index contributed by atoms with van der Waals surface area (Å²) in [6.45, 7) is 0.106. The second kappa shape index (κ2) is 9.15. The number of nitrogens with zero attached hydrogens (tertiary/aromatic N) is 4. The molecule has 1 aliphatic rings. The molecule has 164 valence electrons. The predicted molar refractivity (Wildman–Crippen MR) is 113 cm³/mol. The van der Waals surface area contributed by atoms with Crippen molar-refractivity contribution in [3.05, 3.63) is 65.7 Å². The first kappa shape index (κ1) is 21.4. The topological polar surface area (TPSA) is 128 Å². The molecule has 2 amide bonds. The highest BCUT2D eigenvalue weighted by atomic mass is 35.5. The van der Waals surface area contributed by atoms with Crippen molar-refractivity contribution >= 4 is 23.4 Å². The van der Waals surface area contributed by atoms with Crippen molar-refractivity contribution in [3.63, 3.8) is 0 Å². The minimum absolute atomic E-state index is 0.106. The SMILES string of the molecule is COc1ccc(Oc2cnc(CNC(=O)C3(NC(=O)c4cncnc4)CC3)nc2)c(Cl)c1. The lowest BCUT2D eigenvalue weighted by Crippen LogP contribution is -2.48. The van der Waals surface area contributed by atoms with Gasteiger partial charge in [0.25, 0.3) is 5.91 Å². The molecular formula is C21H19ClN6O4. The normalized spacial score (nSPS) is 13.7. The molecule has 4 rings (SSSR count). The summed E-state index contributed by atoms with van der Waals surface area (Å²) in [5, 5.41) is 5.91. The number of aromatic nitrogens is 4. The van der Waals surface area contributed by atoms with Gasteiger partial charge in [-0.2, -0.15) is 0 Å². The quantitative estimate of drug-likeness (QED) is 0.530. The van der Waals surface area contributed by atoms with Crippen LogP contribution >= 0.6 is 11.6 Å². The van der Waals surface area contributed by atoms with Gasteiger partial charge < -0.3 is 20.1 Å². The summed E-state index contributed by atoms with van der Waals surface area (Å²) < 4.78 is 10.8. The highest BCUT2D eigenvalue weighted by Gasteiger charge is 2.51. The first-order valence-electron chi connectivity index (χ1n) is 9.67. The van der Waals surface area contributed by atoms with E-state index >= 15 is 0 Å². The molecule has 3 aromatic rings. The van der Waals surface area contributed by atoms with Crippen molar-refractivity contribution in [2.75, 3.05) is 7.11 Å². The first-order chi connectivity index (χ1) is 15.5. The maximum atomic E-state index is 12.6. The molecule has 1 saturated carbocycles. The molecule has 0 unspecified atom stereocenters. The van der Waals surface area contributed by atoms with Gasteiger partial charge in [0.2, 0.25) is 5.91 Å². The van der Waals surface area contributed by atoms with Crippen LogP contribution in [0.25, 0.3) is 0 Å². The van der Waals surface area contributed by atoms with Gasteiger partial charge in [0.15, 0.2) is 5.75 Å². The lowest BCUT2D eigenvalue weighted by Gasteiger charge is -2.16. The third-order valence-corrected chi connectivity index (χ3v) is 5.11. The van der Waals surface area contributed by atoms with E-state index in [1.54, 1.807) is 25.3 Å². The van der Waals surface area contributed by atoms with Crippen LogP contribution in [-0.4, -0.2) is 44.4 Å². The summed E-state index contributed by atoms with van der Waals surface area (Å²) in [6.07, 6.45) is 8.19. The fourth-order valence-electron chi connectivity index (χ4n) is 2.87. The van der Waals surface area contributed by atoms with Crippen LogP contribution in [0.15, 0.2) is 49.3 Å². The Hall–Kier alpha value is -3.79. The van der Waals surface area contributed by atoms with Crippen LogP contribution in [0.2, 0.25) is 5.02 Å². The van der Waals surface area contributed by atoms with E-state index in [0.29, 0.717) is 46.5 Å². The van der Waals surface area contributed by atoms with Gasteiger partial charge in [-0.15, -0.1) is 0 Å². The summed E-state index contributed by atoms with van der Waals surface area (Å²) in [7, 11) is 1.55. The van der Waals surface area contributed by atoms with E-state index in [9.17, 15) is 9.59 Å². The molecule has 2 N–H and O–H groups in total. The maximum absolute atomic E-state index is 12.6. The number of halogens is 1. The van der Waals surface area contributed by atoms with Crippen molar-refractivity contribution in [2.45, 2.75) is 24.9 Å². The largest absolute Gasteiger partial charge is 0.497 e. The number of benzene rings is 1. The van der Waals surface area contributed by atoms with E-state index in [4.69, 9.17) is 21.1 Å². The lowest BCUT2D eigenvalue weighted by molar-refractivity contribution is -0.124. The second-order valence-electron chi connectivity index (χ2n) is 7.08. The molecule has 0 saturated heterocycles. The molecule has 1 aliphatic carbocycles. The number of methoxy groups -OCH3 is 1. The molecule has 1 fully saturated rings. The van der Waals surface area contributed by atoms with E-state index in [0.717, 1.165) is 0 Å². The summed E-state index contributed by atoms with van der Waals surface area (Å²) in [4.78, 5) is 40.9. The number of rotatable bonds is 8. The lowest BCUT2D eigenvalue weighted by atomic mass is 10.2. The third kappa shape index (κ3) is 4.92. The van der Waals surface area contributed by atoms with Gasteiger partial charge in [0.05, 0.1) is 36.6 Å². The van der Waals surface area contributed by atoms with Gasteiger partial charge in [-0.25, -0.2) is 19.9 Å². The van der Waals surface area contributed by atoms with Crippen LogP contribution in [-0.2, 0) is 11.3 Å². The van der Waals surface area contributed by atoms with E-state index in [-0.39, 0.29) is 12.5 Å². The Balaban J connectivity index is 1.31. The molecule has 0 aliphatic heterocycles. The van der Waals surface area contributed by atoms with E-state index in [1.165, 1.54) is 31.1 Å². The number of ether oxygens (including phenoxy) is 2. The van der Waals surface area contributed by atoms with Crippen LogP contribution in [0.5, 0.6) is 17.2 Å². The fourth-order valence-corrected chi connectivity index (χ4v) is 3.08. The molecule has 0 spiro atoms. The number of hydrogen-bond acceptors (Lipinski definition) is 8. The summed E-state index contributed by atoms with van der Waals surface area (Å²) in [5.41, 5.74) is -0.636. The number of carbonyl (C=O) groups is 2.